The molecule has 1 aromatic carbocycles. The van der Waals surface area contributed by atoms with Crippen LogP contribution in [0.15, 0.2) is 24.3 Å². The maximum atomic E-state index is 11.6. The van der Waals surface area contributed by atoms with E-state index in [1.54, 1.807) is 31.2 Å². The van der Waals surface area contributed by atoms with Crippen molar-refractivity contribution in [3.8, 4) is 5.75 Å². The average molecular weight is 338 g/mol. The maximum absolute atomic E-state index is 11.6. The van der Waals surface area contributed by atoms with Crippen molar-refractivity contribution in [3.05, 3.63) is 29.8 Å². The van der Waals surface area contributed by atoms with E-state index in [1.807, 2.05) is 0 Å². The quantitative estimate of drug-likeness (QED) is 0.599. The normalized spacial score (nSPS) is 22.0. The zero-order chi connectivity index (χ0) is 17.4. The van der Waals surface area contributed by atoms with Gasteiger partial charge in [-0.05, 0) is 44.0 Å². The summed E-state index contributed by atoms with van der Waals surface area (Å²) in [5.74, 6) is 0.263. The Labute approximate surface area is 142 Å². The van der Waals surface area contributed by atoms with Crippen LogP contribution in [0.4, 0.5) is 0 Å². The van der Waals surface area contributed by atoms with Crippen LogP contribution in [0.25, 0.3) is 0 Å². The van der Waals surface area contributed by atoms with E-state index in [9.17, 15) is 15.0 Å². The van der Waals surface area contributed by atoms with Gasteiger partial charge in [-0.15, -0.1) is 0 Å². The highest BCUT2D eigenvalue weighted by atomic mass is 16.5. The standard InChI is InChI=1S/C18H27NO5/c1-2-23-18(22)13-3-9-17(10-4-13)24-12-16(21)11-19-14-5-7-15(20)8-6-14/h3-4,9-10,14-16,19-21H,2,5-8,11-12H2,1H3/p+1/t14?,15?,16-/m0/s1. The molecular weight excluding hydrogens is 310 g/mol. The Hall–Kier alpha value is -1.63. The van der Waals surface area contributed by atoms with Gasteiger partial charge in [0.25, 0.3) is 0 Å². The van der Waals surface area contributed by atoms with Crippen LogP contribution in [0, 0.1) is 0 Å². The second-order valence-electron chi connectivity index (χ2n) is 6.25. The summed E-state index contributed by atoms with van der Waals surface area (Å²) in [6.07, 6.45) is 2.97. The lowest BCUT2D eigenvalue weighted by atomic mass is 9.93. The third-order valence-electron chi connectivity index (χ3n) is 4.29. The van der Waals surface area contributed by atoms with Gasteiger partial charge in [0.2, 0.25) is 0 Å². The van der Waals surface area contributed by atoms with Gasteiger partial charge in [0.05, 0.1) is 24.3 Å². The van der Waals surface area contributed by atoms with Crippen LogP contribution in [-0.4, -0.2) is 54.2 Å². The summed E-state index contributed by atoms with van der Waals surface area (Å²) in [7, 11) is 0. The Morgan fingerprint density at radius 1 is 1.25 bits per heavy atom. The fourth-order valence-corrected chi connectivity index (χ4v) is 2.85. The topological polar surface area (TPSA) is 92.6 Å². The molecule has 2 rings (SSSR count). The van der Waals surface area contributed by atoms with Crippen LogP contribution in [0.5, 0.6) is 5.75 Å². The molecule has 6 nitrogen and oxygen atoms in total. The SMILES string of the molecule is CCOC(=O)c1ccc(OC[C@@H](O)C[NH2+]C2CCC(O)CC2)cc1. The molecule has 0 heterocycles. The molecule has 1 aromatic rings. The molecule has 134 valence electrons. The number of carbonyl (C=O) groups is 1. The molecule has 6 heteroatoms. The van der Waals surface area contributed by atoms with E-state index in [0.29, 0.717) is 30.5 Å². The van der Waals surface area contributed by atoms with E-state index >= 15 is 0 Å². The van der Waals surface area contributed by atoms with Crippen molar-refractivity contribution in [1.82, 2.24) is 0 Å². The number of quaternary nitrogens is 1. The van der Waals surface area contributed by atoms with Gasteiger partial charge in [0.15, 0.2) is 0 Å². The molecule has 0 unspecified atom stereocenters. The first-order chi connectivity index (χ1) is 11.6. The van der Waals surface area contributed by atoms with Gasteiger partial charge in [-0.25, -0.2) is 4.79 Å². The van der Waals surface area contributed by atoms with Crippen molar-refractivity contribution in [3.63, 3.8) is 0 Å². The van der Waals surface area contributed by atoms with E-state index in [0.717, 1.165) is 25.7 Å². The number of rotatable bonds is 8. The highest BCUT2D eigenvalue weighted by molar-refractivity contribution is 5.89. The summed E-state index contributed by atoms with van der Waals surface area (Å²) in [5, 5.41) is 21.7. The van der Waals surface area contributed by atoms with Gasteiger partial charge in [-0.3, -0.25) is 0 Å². The van der Waals surface area contributed by atoms with Crippen molar-refractivity contribution in [2.45, 2.75) is 50.9 Å². The summed E-state index contributed by atoms with van der Waals surface area (Å²) < 4.78 is 10.5. The zero-order valence-corrected chi connectivity index (χ0v) is 14.2. The lowest BCUT2D eigenvalue weighted by Crippen LogP contribution is -2.92. The Bertz CT molecular complexity index is 497. The third-order valence-corrected chi connectivity index (χ3v) is 4.29. The molecule has 0 spiro atoms. The molecule has 1 aliphatic carbocycles. The third kappa shape index (κ3) is 6.11. The Morgan fingerprint density at radius 3 is 2.54 bits per heavy atom. The number of benzene rings is 1. The monoisotopic (exact) mass is 338 g/mol. The number of nitrogens with two attached hydrogens (primary N) is 1. The van der Waals surface area contributed by atoms with E-state index < -0.39 is 6.10 Å². The lowest BCUT2D eigenvalue weighted by molar-refractivity contribution is -0.697. The molecule has 24 heavy (non-hydrogen) atoms. The van der Waals surface area contributed by atoms with Crippen molar-refractivity contribution in [2.75, 3.05) is 19.8 Å². The largest absolute Gasteiger partial charge is 0.491 e. The van der Waals surface area contributed by atoms with Crippen LogP contribution in [0.3, 0.4) is 0 Å². The van der Waals surface area contributed by atoms with Gasteiger partial charge in [0.1, 0.15) is 25.0 Å². The molecule has 1 aliphatic rings. The Balaban J connectivity index is 1.67. The highest BCUT2D eigenvalue weighted by Crippen LogP contribution is 2.16. The smallest absolute Gasteiger partial charge is 0.338 e. The molecule has 0 radical (unpaired) electrons. The summed E-state index contributed by atoms with van der Waals surface area (Å²) in [6, 6.07) is 7.18. The fourth-order valence-electron chi connectivity index (χ4n) is 2.85. The van der Waals surface area contributed by atoms with E-state index in [4.69, 9.17) is 9.47 Å². The predicted molar refractivity (Wildman–Crippen MR) is 89.0 cm³/mol. The first kappa shape index (κ1) is 18.7. The Morgan fingerprint density at radius 2 is 1.92 bits per heavy atom. The number of aliphatic hydroxyl groups excluding tert-OH is 2. The first-order valence-electron chi connectivity index (χ1n) is 8.68. The molecule has 1 atom stereocenters. The number of aliphatic hydroxyl groups is 2. The highest BCUT2D eigenvalue weighted by Gasteiger charge is 2.22. The number of hydrogen-bond acceptors (Lipinski definition) is 5. The maximum Gasteiger partial charge on any atom is 0.338 e. The molecular formula is C18H28NO5+. The van der Waals surface area contributed by atoms with Crippen molar-refractivity contribution < 1.29 is 29.8 Å². The van der Waals surface area contributed by atoms with E-state index in [1.165, 1.54) is 0 Å². The summed E-state index contributed by atoms with van der Waals surface area (Å²) in [4.78, 5) is 11.6. The summed E-state index contributed by atoms with van der Waals surface area (Å²) in [6.45, 7) is 2.91. The van der Waals surface area contributed by atoms with Crippen molar-refractivity contribution in [1.29, 1.82) is 0 Å². The van der Waals surface area contributed by atoms with Gasteiger partial charge in [-0.1, -0.05) is 0 Å². The fraction of sp³-hybridized carbons (Fsp3) is 0.611. The van der Waals surface area contributed by atoms with Crippen LogP contribution in [-0.2, 0) is 4.74 Å². The second-order valence-corrected chi connectivity index (χ2v) is 6.25. The number of hydrogen-bond donors (Lipinski definition) is 3. The molecule has 0 saturated heterocycles. The minimum absolute atomic E-state index is 0.152. The lowest BCUT2D eigenvalue weighted by Gasteiger charge is -2.24. The van der Waals surface area contributed by atoms with Crippen molar-refractivity contribution in [2.24, 2.45) is 0 Å². The molecule has 0 amide bonds. The molecule has 0 bridgehead atoms. The number of carbonyl (C=O) groups excluding carboxylic acids is 1. The minimum Gasteiger partial charge on any atom is -0.491 e. The van der Waals surface area contributed by atoms with E-state index in [-0.39, 0.29) is 18.7 Å². The van der Waals surface area contributed by atoms with Crippen LogP contribution < -0.4 is 10.1 Å². The number of esters is 1. The summed E-state index contributed by atoms with van der Waals surface area (Å²) in [5.41, 5.74) is 0.484. The molecule has 0 aliphatic heterocycles. The molecule has 1 fully saturated rings. The van der Waals surface area contributed by atoms with Gasteiger partial charge in [0, 0.05) is 12.8 Å². The molecule has 0 aromatic heterocycles. The molecule has 4 N–H and O–H groups in total. The summed E-state index contributed by atoms with van der Waals surface area (Å²) >= 11 is 0. The zero-order valence-electron chi connectivity index (χ0n) is 14.2. The van der Waals surface area contributed by atoms with Crippen molar-refractivity contribution >= 4 is 5.97 Å². The second kappa shape index (κ2) is 9.61. The minimum atomic E-state index is -0.554. The first-order valence-corrected chi connectivity index (χ1v) is 8.68. The van der Waals surface area contributed by atoms with Crippen LogP contribution >= 0.6 is 0 Å². The molecule has 1 saturated carbocycles. The van der Waals surface area contributed by atoms with Crippen LogP contribution in [0.2, 0.25) is 0 Å². The van der Waals surface area contributed by atoms with Gasteiger partial charge < -0.3 is 25.0 Å². The van der Waals surface area contributed by atoms with Crippen LogP contribution in [0.1, 0.15) is 43.0 Å². The predicted octanol–water partition coefficient (Wildman–Crippen LogP) is 0.470. The van der Waals surface area contributed by atoms with Gasteiger partial charge >= 0.3 is 5.97 Å². The number of ether oxygens (including phenoxy) is 2. The average Bonchev–Trinajstić information content (AvgIpc) is 2.60. The van der Waals surface area contributed by atoms with E-state index in [2.05, 4.69) is 5.32 Å². The van der Waals surface area contributed by atoms with Gasteiger partial charge in [-0.2, -0.15) is 0 Å². The Kier molecular flexibility index (Phi) is 7.49.